The minimum atomic E-state index is -4.30. The maximum Gasteiger partial charge on any atom is 0.264 e. The van der Waals surface area contributed by atoms with Crippen molar-refractivity contribution in [3.05, 3.63) is 125 Å². The molecular formula is C36H39ClFN3O5S. The van der Waals surface area contributed by atoms with Gasteiger partial charge in [-0.2, -0.15) is 0 Å². The van der Waals surface area contributed by atoms with E-state index in [0.717, 1.165) is 15.4 Å². The van der Waals surface area contributed by atoms with Gasteiger partial charge >= 0.3 is 0 Å². The molecule has 0 saturated heterocycles. The number of amides is 2. The number of carbonyl (C=O) groups is 2. The minimum Gasteiger partial charge on any atom is -0.495 e. The molecule has 0 aliphatic carbocycles. The van der Waals surface area contributed by atoms with Gasteiger partial charge in [-0.15, -0.1) is 0 Å². The molecule has 1 N–H and O–H groups in total. The topological polar surface area (TPSA) is 96.0 Å². The van der Waals surface area contributed by atoms with Crippen molar-refractivity contribution in [1.29, 1.82) is 0 Å². The molecule has 11 heteroatoms. The third-order valence-electron chi connectivity index (χ3n) is 7.53. The van der Waals surface area contributed by atoms with Crippen LogP contribution in [0.5, 0.6) is 5.75 Å². The lowest BCUT2D eigenvalue weighted by Gasteiger charge is -2.34. The summed E-state index contributed by atoms with van der Waals surface area (Å²) < 4.78 is 48.5. The molecule has 4 aromatic rings. The van der Waals surface area contributed by atoms with Gasteiger partial charge in [0.1, 0.15) is 24.2 Å². The van der Waals surface area contributed by atoms with Gasteiger partial charge < -0.3 is 15.0 Å². The second kappa shape index (κ2) is 15.9. The SMILES string of the molecule is COc1ccc(N(CC(=O)N(Cc2ccc(F)cc2)[C@H](Cc2ccccc2)C(=O)NCC(C)C)S(=O)(=O)c2ccc(C)cc2)cc1Cl. The van der Waals surface area contributed by atoms with Crippen LogP contribution in [-0.4, -0.2) is 51.4 Å². The lowest BCUT2D eigenvalue weighted by Crippen LogP contribution is -2.53. The molecule has 1 atom stereocenters. The number of nitrogens with one attached hydrogen (secondary N) is 1. The number of aryl methyl sites for hydroxylation is 1. The Morgan fingerprint density at radius 1 is 0.915 bits per heavy atom. The number of halogens is 2. The highest BCUT2D eigenvalue weighted by atomic mass is 35.5. The van der Waals surface area contributed by atoms with Crippen LogP contribution in [0.15, 0.2) is 102 Å². The number of anilines is 1. The van der Waals surface area contributed by atoms with Crippen molar-refractivity contribution in [2.45, 2.75) is 44.7 Å². The van der Waals surface area contributed by atoms with Crippen LogP contribution in [0.1, 0.15) is 30.5 Å². The lowest BCUT2D eigenvalue weighted by molar-refractivity contribution is -0.140. The van der Waals surface area contributed by atoms with E-state index in [4.69, 9.17) is 16.3 Å². The monoisotopic (exact) mass is 679 g/mol. The summed E-state index contributed by atoms with van der Waals surface area (Å²) in [4.78, 5) is 29.7. The Hall–Kier alpha value is -4.41. The summed E-state index contributed by atoms with van der Waals surface area (Å²) >= 11 is 6.43. The fourth-order valence-electron chi connectivity index (χ4n) is 4.94. The molecule has 0 heterocycles. The van der Waals surface area contributed by atoms with Crippen LogP contribution in [0.25, 0.3) is 0 Å². The zero-order chi connectivity index (χ0) is 34.1. The van der Waals surface area contributed by atoms with Crippen molar-refractivity contribution >= 4 is 39.1 Å². The van der Waals surface area contributed by atoms with E-state index in [9.17, 15) is 22.4 Å². The number of rotatable bonds is 14. The number of sulfonamides is 1. The standard InChI is InChI=1S/C36H39ClFN3O5S/c1-25(2)22-39-36(43)33(20-27-8-6-5-7-9-27)40(23-28-12-14-29(38)15-13-28)35(42)24-41(30-16-19-34(46-4)32(37)21-30)47(44,45)31-17-10-26(3)11-18-31/h5-19,21,25,33H,20,22-24H2,1-4H3,(H,39,43)/t33-/m1/s1. The van der Waals surface area contributed by atoms with Crippen molar-refractivity contribution in [2.24, 2.45) is 5.92 Å². The second-order valence-electron chi connectivity index (χ2n) is 11.6. The van der Waals surface area contributed by atoms with Crippen LogP contribution in [0.2, 0.25) is 5.02 Å². The van der Waals surface area contributed by atoms with Crippen LogP contribution in [0.4, 0.5) is 10.1 Å². The van der Waals surface area contributed by atoms with Gasteiger partial charge in [0, 0.05) is 19.5 Å². The van der Waals surface area contributed by atoms with E-state index in [-0.39, 0.29) is 34.5 Å². The van der Waals surface area contributed by atoms with Crippen LogP contribution < -0.4 is 14.4 Å². The van der Waals surface area contributed by atoms with Crippen molar-refractivity contribution in [2.75, 3.05) is 24.5 Å². The minimum absolute atomic E-state index is 0.0246. The molecule has 0 radical (unpaired) electrons. The summed E-state index contributed by atoms with van der Waals surface area (Å²) in [6, 6.07) is 24.6. The van der Waals surface area contributed by atoms with Gasteiger partial charge in [-0.1, -0.05) is 85.6 Å². The van der Waals surface area contributed by atoms with E-state index in [1.165, 1.54) is 66.6 Å². The highest BCUT2D eigenvalue weighted by Crippen LogP contribution is 2.32. The van der Waals surface area contributed by atoms with Gasteiger partial charge in [0.2, 0.25) is 11.8 Å². The fourth-order valence-corrected chi connectivity index (χ4v) is 6.60. The number of nitrogens with zero attached hydrogens (tertiary/aromatic N) is 2. The maximum atomic E-state index is 14.5. The van der Waals surface area contributed by atoms with E-state index in [1.807, 2.05) is 51.1 Å². The molecule has 0 aliphatic rings. The maximum absolute atomic E-state index is 14.5. The number of carbonyl (C=O) groups excluding carboxylic acids is 2. The highest BCUT2D eigenvalue weighted by molar-refractivity contribution is 7.92. The predicted molar refractivity (Wildman–Crippen MR) is 182 cm³/mol. The van der Waals surface area contributed by atoms with Gasteiger partial charge in [-0.3, -0.25) is 13.9 Å². The molecule has 4 aromatic carbocycles. The quantitative estimate of drug-likeness (QED) is 0.166. The van der Waals surface area contributed by atoms with Gasteiger partial charge in [0.15, 0.2) is 0 Å². The van der Waals surface area contributed by atoms with Gasteiger partial charge in [-0.05, 0) is 66.4 Å². The first-order valence-electron chi connectivity index (χ1n) is 15.2. The van der Waals surface area contributed by atoms with Crippen molar-refractivity contribution in [3.8, 4) is 5.75 Å². The third-order valence-corrected chi connectivity index (χ3v) is 9.62. The molecule has 0 saturated carbocycles. The smallest absolute Gasteiger partial charge is 0.264 e. The zero-order valence-corrected chi connectivity index (χ0v) is 28.4. The number of methoxy groups -OCH3 is 1. The Bertz CT molecular complexity index is 1770. The average Bonchev–Trinajstić information content (AvgIpc) is 3.05. The van der Waals surface area contributed by atoms with E-state index in [0.29, 0.717) is 17.9 Å². The Balaban J connectivity index is 1.82. The largest absolute Gasteiger partial charge is 0.495 e. The normalized spacial score (nSPS) is 12.0. The lowest BCUT2D eigenvalue weighted by atomic mass is 10.0. The first-order valence-corrected chi connectivity index (χ1v) is 17.0. The summed E-state index contributed by atoms with van der Waals surface area (Å²) in [5.74, 6) is -1.01. The summed E-state index contributed by atoms with van der Waals surface area (Å²) in [7, 11) is -2.86. The molecule has 0 spiro atoms. The fraction of sp³-hybridized carbons (Fsp3) is 0.278. The molecule has 248 valence electrons. The van der Waals surface area contributed by atoms with Crippen molar-refractivity contribution in [1.82, 2.24) is 10.2 Å². The van der Waals surface area contributed by atoms with E-state index in [2.05, 4.69) is 5.32 Å². The van der Waals surface area contributed by atoms with Crippen LogP contribution in [0, 0.1) is 18.7 Å². The first-order chi connectivity index (χ1) is 22.4. The van der Waals surface area contributed by atoms with Crippen molar-refractivity contribution < 1.29 is 27.1 Å². The Labute approximate surface area is 281 Å². The number of benzene rings is 4. The molecular weight excluding hydrogens is 641 g/mol. The van der Waals surface area contributed by atoms with Gasteiger partial charge in [-0.25, -0.2) is 12.8 Å². The molecule has 0 aliphatic heterocycles. The molecule has 0 unspecified atom stereocenters. The molecule has 0 aromatic heterocycles. The van der Waals surface area contributed by atoms with Crippen LogP contribution >= 0.6 is 11.6 Å². The molecule has 0 bridgehead atoms. The average molecular weight is 680 g/mol. The first kappa shape index (κ1) is 35.4. The molecule has 4 rings (SSSR count). The van der Waals surface area contributed by atoms with E-state index < -0.39 is 40.2 Å². The third kappa shape index (κ3) is 9.33. The Morgan fingerprint density at radius 3 is 2.17 bits per heavy atom. The predicted octanol–water partition coefficient (Wildman–Crippen LogP) is 6.40. The highest BCUT2D eigenvalue weighted by Gasteiger charge is 2.35. The number of hydrogen-bond donors (Lipinski definition) is 1. The van der Waals surface area contributed by atoms with Gasteiger partial charge in [0.05, 0.1) is 22.7 Å². The van der Waals surface area contributed by atoms with Crippen molar-refractivity contribution in [3.63, 3.8) is 0 Å². The second-order valence-corrected chi connectivity index (χ2v) is 13.9. The molecule has 0 fully saturated rings. The van der Waals surface area contributed by atoms with Crippen LogP contribution in [-0.2, 0) is 32.6 Å². The molecule has 47 heavy (non-hydrogen) atoms. The van der Waals surface area contributed by atoms with Gasteiger partial charge in [0.25, 0.3) is 10.0 Å². The summed E-state index contributed by atoms with van der Waals surface area (Å²) in [6.07, 6.45) is 0.163. The van der Waals surface area contributed by atoms with E-state index >= 15 is 0 Å². The van der Waals surface area contributed by atoms with Crippen LogP contribution in [0.3, 0.4) is 0 Å². The Kier molecular flexibility index (Phi) is 12.0. The molecule has 2 amide bonds. The number of ether oxygens (including phenoxy) is 1. The summed E-state index contributed by atoms with van der Waals surface area (Å²) in [5, 5.41) is 3.10. The van der Waals surface area contributed by atoms with E-state index in [1.54, 1.807) is 12.1 Å². The Morgan fingerprint density at radius 2 is 1.57 bits per heavy atom. The summed E-state index contributed by atoms with van der Waals surface area (Å²) in [5.41, 5.74) is 2.37. The number of hydrogen-bond acceptors (Lipinski definition) is 5. The zero-order valence-electron chi connectivity index (χ0n) is 26.8. The summed E-state index contributed by atoms with van der Waals surface area (Å²) in [6.45, 7) is 5.41. The molecule has 8 nitrogen and oxygen atoms in total.